The Morgan fingerprint density at radius 1 is 0.692 bits per heavy atom. The molecule has 7 heteroatoms. The molecule has 1 aromatic heterocycles. The average Bonchev–Trinajstić information content (AvgIpc) is 3.21. The second kappa shape index (κ2) is 17.2. The summed E-state index contributed by atoms with van der Waals surface area (Å²) in [7, 11) is 0. The van der Waals surface area contributed by atoms with Gasteiger partial charge in [-0.1, -0.05) is 127 Å². The van der Waals surface area contributed by atoms with Crippen molar-refractivity contribution in [3.63, 3.8) is 0 Å². The Hall–Kier alpha value is -5.44. The van der Waals surface area contributed by atoms with E-state index in [0.717, 1.165) is 53.0 Å². The number of rotatable bonds is 13. The molecular weight excluding hydrogens is 647 g/mol. The third-order valence-corrected chi connectivity index (χ3v) is 9.39. The minimum Gasteiger partial charge on any atom is -0.392 e. The fourth-order valence-corrected chi connectivity index (χ4v) is 6.66. The van der Waals surface area contributed by atoms with Crippen LogP contribution in [-0.2, 0) is 35.7 Å². The number of aromatic nitrogens is 1. The molecule has 5 aromatic carbocycles. The predicted molar refractivity (Wildman–Crippen MR) is 203 cm³/mol. The molecule has 1 aliphatic rings. The van der Waals surface area contributed by atoms with E-state index in [1.165, 1.54) is 11.1 Å². The number of nitrogens with zero attached hydrogens (tertiary/aromatic N) is 2. The van der Waals surface area contributed by atoms with Crippen LogP contribution in [0, 0.1) is 0 Å². The van der Waals surface area contributed by atoms with E-state index in [1.807, 2.05) is 24.3 Å². The van der Waals surface area contributed by atoms with Crippen LogP contribution >= 0.6 is 0 Å². The Balaban J connectivity index is 1.09. The van der Waals surface area contributed by atoms with E-state index in [-0.39, 0.29) is 24.7 Å². The first-order valence-corrected chi connectivity index (χ1v) is 17.8. The van der Waals surface area contributed by atoms with Crippen molar-refractivity contribution in [3.8, 4) is 11.1 Å². The number of carbonyl (C=O) groups is 1. The number of nitrogens with one attached hydrogen (secondary N) is 1. The van der Waals surface area contributed by atoms with Gasteiger partial charge in [-0.2, -0.15) is 0 Å². The molecule has 7 nitrogen and oxygen atoms in total. The van der Waals surface area contributed by atoms with Gasteiger partial charge in [0.25, 0.3) is 5.91 Å². The monoisotopic (exact) mass is 689 g/mol. The molecule has 0 saturated carbocycles. The van der Waals surface area contributed by atoms with E-state index in [0.29, 0.717) is 18.5 Å². The Morgan fingerprint density at radius 2 is 1.37 bits per heavy atom. The molecule has 0 spiro atoms. The van der Waals surface area contributed by atoms with Crippen molar-refractivity contribution in [2.24, 2.45) is 0 Å². The summed E-state index contributed by atoms with van der Waals surface area (Å²) in [6, 6.07) is 49.2. The number of benzene rings is 5. The van der Waals surface area contributed by atoms with Gasteiger partial charge in [0.1, 0.15) is 0 Å². The molecule has 3 unspecified atom stereocenters. The molecule has 2 N–H and O–H groups in total. The lowest BCUT2D eigenvalue weighted by Crippen LogP contribution is -2.39. The van der Waals surface area contributed by atoms with Gasteiger partial charge in [0.2, 0.25) is 0 Å². The number of ether oxygens (including phenoxy) is 2. The smallest absolute Gasteiger partial charge is 0.253 e. The summed E-state index contributed by atoms with van der Waals surface area (Å²) in [5.41, 5.74) is 9.06. The maximum Gasteiger partial charge on any atom is 0.253 e. The van der Waals surface area contributed by atoms with Crippen LogP contribution in [-0.4, -0.2) is 33.5 Å². The number of aliphatic hydroxyl groups excluding tert-OH is 1. The highest BCUT2D eigenvalue weighted by atomic mass is 16.7. The molecule has 0 bridgehead atoms. The number of hydrogen-bond acceptors (Lipinski definition) is 6. The Morgan fingerprint density at radius 3 is 2.02 bits per heavy atom. The molecule has 6 aromatic rings. The van der Waals surface area contributed by atoms with Crippen LogP contribution in [0.2, 0.25) is 0 Å². The van der Waals surface area contributed by atoms with Crippen LogP contribution in [0.1, 0.15) is 62.6 Å². The first-order valence-electron chi connectivity index (χ1n) is 17.8. The highest BCUT2D eigenvalue weighted by Crippen LogP contribution is 2.39. The molecule has 2 heterocycles. The van der Waals surface area contributed by atoms with Crippen molar-refractivity contribution < 1.29 is 19.4 Å². The molecule has 0 aliphatic carbocycles. The van der Waals surface area contributed by atoms with Gasteiger partial charge >= 0.3 is 0 Å². The molecule has 1 saturated heterocycles. The van der Waals surface area contributed by atoms with Gasteiger partial charge in [0.15, 0.2) is 6.29 Å². The zero-order valence-corrected chi connectivity index (χ0v) is 29.1. The lowest BCUT2D eigenvalue weighted by Gasteiger charge is -2.38. The average molecular weight is 690 g/mol. The minimum absolute atomic E-state index is 0.00336. The molecule has 52 heavy (non-hydrogen) atoms. The van der Waals surface area contributed by atoms with Gasteiger partial charge in [-0.25, -0.2) is 0 Å². The SMILES string of the molecule is O=C(NCc1cccc(-c2ccc(C3OC(CN(Cc4ccccc4)Cc4ccccc4)CC(c4ccc(CO)cc4)O3)cc2)c1)c1cccnc1. The van der Waals surface area contributed by atoms with Gasteiger partial charge in [-0.3, -0.25) is 14.7 Å². The number of amides is 1. The van der Waals surface area contributed by atoms with Crippen LogP contribution in [0.25, 0.3) is 11.1 Å². The summed E-state index contributed by atoms with van der Waals surface area (Å²) in [6.07, 6.45) is 3.10. The zero-order valence-electron chi connectivity index (χ0n) is 29.1. The van der Waals surface area contributed by atoms with Crippen LogP contribution in [0.15, 0.2) is 158 Å². The number of hydrogen-bond donors (Lipinski definition) is 2. The summed E-state index contributed by atoms with van der Waals surface area (Å²) < 4.78 is 13.5. The zero-order chi connectivity index (χ0) is 35.5. The van der Waals surface area contributed by atoms with Gasteiger partial charge in [-0.15, -0.1) is 0 Å². The molecule has 7 rings (SSSR count). The van der Waals surface area contributed by atoms with E-state index < -0.39 is 6.29 Å². The van der Waals surface area contributed by atoms with Gasteiger partial charge in [0, 0.05) is 50.6 Å². The van der Waals surface area contributed by atoms with E-state index >= 15 is 0 Å². The van der Waals surface area contributed by atoms with Gasteiger partial charge < -0.3 is 19.9 Å². The van der Waals surface area contributed by atoms with Gasteiger partial charge in [0.05, 0.1) is 24.4 Å². The van der Waals surface area contributed by atoms with Crippen LogP contribution in [0.3, 0.4) is 0 Å². The first-order chi connectivity index (χ1) is 25.6. The second-order valence-corrected chi connectivity index (χ2v) is 13.2. The summed E-state index contributed by atoms with van der Waals surface area (Å²) in [5.74, 6) is -0.153. The topological polar surface area (TPSA) is 83.9 Å². The van der Waals surface area contributed by atoms with Crippen LogP contribution in [0.5, 0.6) is 0 Å². The Kier molecular flexibility index (Phi) is 11.6. The minimum atomic E-state index is -0.556. The highest BCUT2D eigenvalue weighted by molar-refractivity contribution is 5.93. The lowest BCUT2D eigenvalue weighted by molar-refractivity contribution is -0.253. The van der Waals surface area contributed by atoms with E-state index in [2.05, 4.69) is 124 Å². The van der Waals surface area contributed by atoms with Crippen molar-refractivity contribution in [2.75, 3.05) is 6.54 Å². The standard InChI is InChI=1S/C45H43N3O4/c49-32-35-16-18-38(19-17-35)43-26-42(31-48(29-33-9-3-1-4-10-33)30-34-11-5-2-6-12-34)51-45(52-43)39-22-20-37(21-23-39)40-14-7-13-36(25-40)27-47-44(50)41-15-8-24-46-28-41/h1-25,28,42-43,45,49H,26-27,29-32H2,(H,47,50). The van der Waals surface area contributed by atoms with Crippen molar-refractivity contribution in [1.29, 1.82) is 0 Å². The largest absolute Gasteiger partial charge is 0.392 e. The maximum atomic E-state index is 12.6. The van der Waals surface area contributed by atoms with Crippen LogP contribution < -0.4 is 5.32 Å². The number of aliphatic hydroxyl groups is 1. The molecule has 1 amide bonds. The fourth-order valence-electron chi connectivity index (χ4n) is 6.66. The first kappa shape index (κ1) is 35.0. The quantitative estimate of drug-likeness (QED) is 0.127. The molecule has 3 atom stereocenters. The van der Waals surface area contributed by atoms with E-state index in [1.54, 1.807) is 24.5 Å². The van der Waals surface area contributed by atoms with Crippen molar-refractivity contribution in [1.82, 2.24) is 15.2 Å². The third kappa shape index (κ3) is 9.26. The summed E-state index contributed by atoms with van der Waals surface area (Å²) in [5, 5.41) is 12.6. The molecular formula is C45H43N3O4. The summed E-state index contributed by atoms with van der Waals surface area (Å²) in [4.78, 5) is 19.1. The summed E-state index contributed by atoms with van der Waals surface area (Å²) >= 11 is 0. The molecule has 0 radical (unpaired) electrons. The molecule has 1 fully saturated rings. The van der Waals surface area contributed by atoms with Crippen molar-refractivity contribution in [2.45, 2.75) is 51.2 Å². The Bertz CT molecular complexity index is 1960. The second-order valence-electron chi connectivity index (χ2n) is 13.2. The third-order valence-electron chi connectivity index (χ3n) is 9.39. The van der Waals surface area contributed by atoms with Gasteiger partial charge in [-0.05, 0) is 57.1 Å². The molecule has 262 valence electrons. The predicted octanol–water partition coefficient (Wildman–Crippen LogP) is 8.42. The summed E-state index contributed by atoms with van der Waals surface area (Å²) in [6.45, 7) is 2.76. The molecule has 1 aliphatic heterocycles. The highest BCUT2D eigenvalue weighted by Gasteiger charge is 2.33. The Labute approximate surface area is 305 Å². The fraction of sp³-hybridized carbons (Fsp3) is 0.200. The van der Waals surface area contributed by atoms with Crippen molar-refractivity contribution in [3.05, 3.63) is 197 Å². The van der Waals surface area contributed by atoms with E-state index in [9.17, 15) is 9.90 Å². The van der Waals surface area contributed by atoms with Crippen LogP contribution in [0.4, 0.5) is 0 Å². The maximum absolute atomic E-state index is 12.6. The normalized spacial score (nSPS) is 17.2. The number of pyridine rings is 1. The lowest BCUT2D eigenvalue weighted by atomic mass is 9.98. The van der Waals surface area contributed by atoms with E-state index in [4.69, 9.17) is 9.47 Å². The number of carbonyl (C=O) groups excluding carboxylic acids is 1. The van der Waals surface area contributed by atoms with Crippen molar-refractivity contribution >= 4 is 5.91 Å².